The molecule has 0 radical (unpaired) electrons. The Morgan fingerprint density at radius 2 is 1.55 bits per heavy atom. The van der Waals surface area contributed by atoms with Gasteiger partial charge in [-0.05, 0) is 31.9 Å². The highest BCUT2D eigenvalue weighted by atomic mass is 35.5. The minimum Gasteiger partial charge on any atom is -0.462 e. The van der Waals surface area contributed by atoms with Crippen molar-refractivity contribution in [2.24, 2.45) is 0 Å². The van der Waals surface area contributed by atoms with Crippen LogP contribution in [0.15, 0.2) is 24.3 Å². The molecule has 2 rings (SSSR count). The number of hydrogen-bond donors (Lipinski definition) is 0. The van der Waals surface area contributed by atoms with Crippen molar-refractivity contribution in [2.45, 2.75) is 20.8 Å². The van der Waals surface area contributed by atoms with E-state index in [-0.39, 0.29) is 29.4 Å². The molecule has 0 saturated carbocycles. The first-order valence-corrected chi connectivity index (χ1v) is 7.45. The topological polar surface area (TPSA) is 52.6 Å². The smallest absolute Gasteiger partial charge is 0.340 e. The molecule has 0 N–H and O–H groups in total. The van der Waals surface area contributed by atoms with Crippen molar-refractivity contribution in [3.05, 3.63) is 46.0 Å². The van der Waals surface area contributed by atoms with E-state index >= 15 is 0 Å². The summed E-state index contributed by atoms with van der Waals surface area (Å²) in [6.07, 6.45) is 0. The first-order chi connectivity index (χ1) is 10.5. The molecule has 0 saturated heterocycles. The first-order valence-electron chi connectivity index (χ1n) is 7.07. The van der Waals surface area contributed by atoms with Crippen molar-refractivity contribution in [3.63, 3.8) is 0 Å². The molecule has 4 nitrogen and oxygen atoms in total. The van der Waals surface area contributed by atoms with Crippen molar-refractivity contribution in [2.75, 3.05) is 13.2 Å². The third kappa shape index (κ3) is 2.79. The normalized spacial score (nSPS) is 10.5. The minimum absolute atomic E-state index is 0.0844. The zero-order valence-corrected chi connectivity index (χ0v) is 13.5. The molecule has 2 aliphatic rings. The molecule has 0 aromatic rings. The zero-order chi connectivity index (χ0) is 16.3. The summed E-state index contributed by atoms with van der Waals surface area (Å²) in [5.41, 5.74) is 2.47. The number of halogens is 1. The molecule has 0 amide bonds. The largest absolute Gasteiger partial charge is 0.462 e. The molecular formula is C17H17ClO4. The van der Waals surface area contributed by atoms with Gasteiger partial charge < -0.3 is 9.47 Å². The highest BCUT2D eigenvalue weighted by Crippen LogP contribution is 2.42. The average Bonchev–Trinajstić information content (AvgIpc) is 2.64. The van der Waals surface area contributed by atoms with Crippen LogP contribution in [0, 0.1) is 6.92 Å². The molecule has 0 fully saturated rings. The summed E-state index contributed by atoms with van der Waals surface area (Å²) in [6, 6.07) is 7.25. The molecule has 0 atom stereocenters. The molecule has 5 heteroatoms. The van der Waals surface area contributed by atoms with Crippen LogP contribution in [-0.2, 0) is 9.47 Å². The number of aryl methyl sites for hydroxylation is 1. The van der Waals surface area contributed by atoms with Crippen LogP contribution in [0.1, 0.15) is 40.1 Å². The summed E-state index contributed by atoms with van der Waals surface area (Å²) >= 11 is 6.33. The molecule has 0 spiro atoms. The van der Waals surface area contributed by atoms with E-state index in [0.717, 1.165) is 5.56 Å². The summed E-state index contributed by atoms with van der Waals surface area (Å²) in [4.78, 5) is 24.5. The minimum atomic E-state index is -0.543. The van der Waals surface area contributed by atoms with Gasteiger partial charge in [-0.15, -0.1) is 0 Å². The predicted octanol–water partition coefficient (Wildman–Crippen LogP) is 4.11. The van der Waals surface area contributed by atoms with Crippen LogP contribution >= 0.6 is 11.6 Å². The zero-order valence-electron chi connectivity index (χ0n) is 12.7. The molecule has 0 bridgehead atoms. The number of esters is 2. The SMILES string of the molecule is CCOC(=O)c1c2ccccc(C)c-2c(C(=O)OCC)c1Cl. The summed E-state index contributed by atoms with van der Waals surface area (Å²) in [7, 11) is 0. The van der Waals surface area contributed by atoms with Crippen molar-refractivity contribution in [3.8, 4) is 11.1 Å². The Kier molecular flexibility index (Phi) is 5.03. The van der Waals surface area contributed by atoms with Crippen molar-refractivity contribution >= 4 is 23.5 Å². The molecule has 0 unspecified atom stereocenters. The highest BCUT2D eigenvalue weighted by molar-refractivity contribution is 6.39. The van der Waals surface area contributed by atoms with E-state index in [1.807, 2.05) is 19.1 Å². The van der Waals surface area contributed by atoms with E-state index in [1.165, 1.54) is 0 Å². The summed E-state index contributed by atoms with van der Waals surface area (Å²) in [5.74, 6) is -1.08. The van der Waals surface area contributed by atoms with Gasteiger partial charge in [0.15, 0.2) is 0 Å². The summed E-state index contributed by atoms with van der Waals surface area (Å²) in [6.45, 7) is 5.75. The Bertz CT molecular complexity index is 694. The van der Waals surface area contributed by atoms with Gasteiger partial charge >= 0.3 is 11.9 Å². The van der Waals surface area contributed by atoms with Gasteiger partial charge in [-0.3, -0.25) is 0 Å². The quantitative estimate of drug-likeness (QED) is 0.796. The monoisotopic (exact) mass is 320 g/mol. The van der Waals surface area contributed by atoms with Gasteiger partial charge in [0.2, 0.25) is 0 Å². The van der Waals surface area contributed by atoms with Gasteiger partial charge in [0, 0.05) is 5.56 Å². The molecule has 0 aromatic carbocycles. The first kappa shape index (κ1) is 16.3. The van der Waals surface area contributed by atoms with E-state index in [4.69, 9.17) is 21.1 Å². The van der Waals surface area contributed by atoms with Crippen LogP contribution in [0.3, 0.4) is 0 Å². The van der Waals surface area contributed by atoms with E-state index < -0.39 is 11.9 Å². The third-order valence-electron chi connectivity index (χ3n) is 3.30. The number of hydrogen-bond acceptors (Lipinski definition) is 4. The second-order valence-electron chi connectivity index (χ2n) is 4.69. The standard InChI is InChI=1S/C17H17ClO4/c1-4-21-16(19)13-11-9-7-6-8-10(3)12(11)14(15(13)18)17(20)22-5-2/h6-9H,4-5H2,1-3H3. The fourth-order valence-electron chi connectivity index (χ4n) is 2.42. The van der Waals surface area contributed by atoms with Crippen LogP contribution in [0.25, 0.3) is 11.1 Å². The fourth-order valence-corrected chi connectivity index (χ4v) is 2.77. The van der Waals surface area contributed by atoms with Gasteiger partial charge in [-0.25, -0.2) is 9.59 Å². The van der Waals surface area contributed by atoms with Crippen LogP contribution in [0.5, 0.6) is 0 Å². The lowest BCUT2D eigenvalue weighted by Crippen LogP contribution is -2.06. The van der Waals surface area contributed by atoms with E-state index in [0.29, 0.717) is 11.1 Å². The van der Waals surface area contributed by atoms with E-state index in [9.17, 15) is 9.59 Å². The van der Waals surface area contributed by atoms with Crippen molar-refractivity contribution in [1.82, 2.24) is 0 Å². The maximum Gasteiger partial charge on any atom is 0.340 e. The van der Waals surface area contributed by atoms with Crippen LogP contribution in [-0.4, -0.2) is 25.2 Å². The third-order valence-corrected chi connectivity index (χ3v) is 3.68. The second-order valence-corrected chi connectivity index (χ2v) is 5.07. The van der Waals surface area contributed by atoms with E-state index in [1.54, 1.807) is 26.0 Å². The van der Waals surface area contributed by atoms with Gasteiger partial charge in [-0.1, -0.05) is 35.9 Å². The summed E-state index contributed by atoms with van der Waals surface area (Å²) in [5, 5.41) is 0.0844. The Morgan fingerprint density at radius 1 is 1.00 bits per heavy atom. The maximum atomic E-state index is 12.3. The molecule has 0 heterocycles. The Labute approximate surface area is 134 Å². The number of rotatable bonds is 4. The van der Waals surface area contributed by atoms with Gasteiger partial charge in [-0.2, -0.15) is 0 Å². The predicted molar refractivity (Wildman–Crippen MR) is 84.7 cm³/mol. The van der Waals surface area contributed by atoms with Crippen LogP contribution < -0.4 is 0 Å². The molecule has 2 aliphatic carbocycles. The second kappa shape index (κ2) is 6.79. The van der Waals surface area contributed by atoms with Gasteiger partial charge in [0.1, 0.15) is 0 Å². The molecular weight excluding hydrogens is 304 g/mol. The Morgan fingerprint density at radius 3 is 2.14 bits per heavy atom. The van der Waals surface area contributed by atoms with Gasteiger partial charge in [0.05, 0.1) is 29.4 Å². The van der Waals surface area contributed by atoms with E-state index in [2.05, 4.69) is 0 Å². The van der Waals surface area contributed by atoms with Crippen molar-refractivity contribution in [1.29, 1.82) is 0 Å². The lowest BCUT2D eigenvalue weighted by Gasteiger charge is -2.05. The van der Waals surface area contributed by atoms with Gasteiger partial charge in [0.25, 0.3) is 0 Å². The van der Waals surface area contributed by atoms with Crippen molar-refractivity contribution < 1.29 is 19.1 Å². The fraction of sp³-hybridized carbons (Fsp3) is 0.294. The highest BCUT2D eigenvalue weighted by Gasteiger charge is 2.32. The van der Waals surface area contributed by atoms with Crippen LogP contribution in [0.4, 0.5) is 0 Å². The Balaban J connectivity index is 2.77. The number of fused-ring (bicyclic) bond motifs is 1. The molecule has 116 valence electrons. The maximum absolute atomic E-state index is 12.3. The number of carbonyl (C=O) groups is 2. The average molecular weight is 321 g/mol. The number of ether oxygens (including phenoxy) is 2. The lowest BCUT2D eigenvalue weighted by atomic mass is 10.0. The molecule has 0 aliphatic heterocycles. The number of carbonyl (C=O) groups excluding carboxylic acids is 2. The molecule has 0 aromatic heterocycles. The lowest BCUT2D eigenvalue weighted by molar-refractivity contribution is 0.0525. The molecule has 22 heavy (non-hydrogen) atoms. The summed E-state index contributed by atoms with van der Waals surface area (Å²) < 4.78 is 10.1. The van der Waals surface area contributed by atoms with Crippen LogP contribution in [0.2, 0.25) is 5.02 Å². The Hall–Kier alpha value is -2.07.